The van der Waals surface area contributed by atoms with Crippen molar-refractivity contribution < 1.29 is 9.53 Å². The molecular weight excluding hydrogens is 382 g/mol. The van der Waals surface area contributed by atoms with Crippen molar-refractivity contribution in [3.8, 4) is 5.69 Å². The summed E-state index contributed by atoms with van der Waals surface area (Å²) < 4.78 is 7.76. The molecule has 0 aliphatic carbocycles. The molecule has 4 aromatic carbocycles. The Hall–Kier alpha value is -3.85. The number of carbonyl (C=O) groups is 1. The molecule has 0 bridgehead atoms. The number of ether oxygens (including phenoxy) is 1. The molecule has 0 saturated heterocycles. The first-order valence-corrected chi connectivity index (χ1v) is 10.4. The summed E-state index contributed by atoms with van der Waals surface area (Å²) in [4.78, 5) is 12.5. The van der Waals surface area contributed by atoms with Crippen molar-refractivity contribution in [3.63, 3.8) is 0 Å². The fraction of sp³-hybridized carbons (Fsp3) is 0.107. The molecule has 31 heavy (non-hydrogen) atoms. The van der Waals surface area contributed by atoms with Gasteiger partial charge in [-0.3, -0.25) is 4.79 Å². The van der Waals surface area contributed by atoms with E-state index in [1.807, 2.05) is 25.1 Å². The normalized spacial score (nSPS) is 12.4. The van der Waals surface area contributed by atoms with Crippen LogP contribution in [0.25, 0.3) is 43.8 Å². The summed E-state index contributed by atoms with van der Waals surface area (Å²) in [5, 5.41) is 4.58. The summed E-state index contributed by atoms with van der Waals surface area (Å²) in [6.45, 7) is 3.43. The molecule has 0 spiro atoms. The van der Waals surface area contributed by atoms with E-state index in [1.54, 1.807) is 14.0 Å². The Balaban J connectivity index is 1.90. The number of hydrogen-bond donors (Lipinski definition) is 0. The summed E-state index contributed by atoms with van der Waals surface area (Å²) in [6, 6.07) is 29.4. The molecular formula is C28H23NO2. The third-order valence-corrected chi connectivity index (χ3v) is 6.00. The Morgan fingerprint density at radius 2 is 1.19 bits per heavy atom. The molecule has 1 aromatic heterocycles. The van der Waals surface area contributed by atoms with E-state index in [1.165, 1.54) is 10.8 Å². The van der Waals surface area contributed by atoms with Crippen LogP contribution in [0.2, 0.25) is 0 Å². The predicted molar refractivity (Wildman–Crippen MR) is 129 cm³/mol. The smallest absolute Gasteiger partial charge is 0.163 e. The molecule has 0 saturated carbocycles. The van der Waals surface area contributed by atoms with Crippen LogP contribution in [-0.4, -0.2) is 17.5 Å². The number of hydrogen-bond acceptors (Lipinski definition) is 2. The number of benzene rings is 4. The van der Waals surface area contributed by atoms with Crippen LogP contribution in [0.5, 0.6) is 0 Å². The van der Waals surface area contributed by atoms with Crippen LogP contribution >= 0.6 is 0 Å². The minimum atomic E-state index is -0.00545. The maximum atomic E-state index is 12.5. The van der Waals surface area contributed by atoms with E-state index in [2.05, 4.69) is 71.3 Å². The van der Waals surface area contributed by atoms with E-state index in [0.29, 0.717) is 11.3 Å². The highest BCUT2D eigenvalue weighted by Crippen LogP contribution is 2.37. The Labute approximate surface area is 181 Å². The van der Waals surface area contributed by atoms with Crippen molar-refractivity contribution >= 4 is 43.9 Å². The van der Waals surface area contributed by atoms with Crippen LogP contribution in [-0.2, 0) is 9.53 Å². The van der Waals surface area contributed by atoms with E-state index in [-0.39, 0.29) is 5.78 Å². The molecule has 0 aliphatic heterocycles. The van der Waals surface area contributed by atoms with Crippen LogP contribution in [0.1, 0.15) is 19.4 Å². The number of ketones is 1. The average Bonchev–Trinajstić information content (AvgIpc) is 3.13. The monoisotopic (exact) mass is 405 g/mol. The molecule has 5 rings (SSSR count). The average molecular weight is 405 g/mol. The minimum Gasteiger partial charge on any atom is -0.501 e. The third-order valence-electron chi connectivity index (χ3n) is 6.00. The number of para-hydroxylation sites is 2. The van der Waals surface area contributed by atoms with Gasteiger partial charge in [0.15, 0.2) is 5.78 Å². The summed E-state index contributed by atoms with van der Waals surface area (Å²) in [6.07, 6.45) is 0. The number of nitrogens with zero attached hydrogens (tertiary/aromatic N) is 1. The fourth-order valence-corrected chi connectivity index (χ4v) is 4.61. The number of rotatable bonds is 4. The second-order valence-corrected chi connectivity index (χ2v) is 7.74. The second-order valence-electron chi connectivity index (χ2n) is 7.74. The zero-order valence-electron chi connectivity index (χ0n) is 17.8. The van der Waals surface area contributed by atoms with Gasteiger partial charge in [0, 0.05) is 16.2 Å². The lowest BCUT2D eigenvalue weighted by atomic mass is 9.94. The summed E-state index contributed by atoms with van der Waals surface area (Å²) >= 11 is 0. The van der Waals surface area contributed by atoms with Crippen molar-refractivity contribution in [2.45, 2.75) is 13.8 Å². The highest BCUT2D eigenvalue weighted by molar-refractivity contribution is 6.24. The van der Waals surface area contributed by atoms with E-state index in [4.69, 9.17) is 4.74 Å². The number of allylic oxidation sites excluding steroid dienone is 2. The molecule has 3 nitrogen and oxygen atoms in total. The summed E-state index contributed by atoms with van der Waals surface area (Å²) in [7, 11) is 1.60. The molecule has 0 amide bonds. The van der Waals surface area contributed by atoms with Gasteiger partial charge < -0.3 is 9.30 Å². The third kappa shape index (κ3) is 2.93. The van der Waals surface area contributed by atoms with Gasteiger partial charge in [0.2, 0.25) is 0 Å². The van der Waals surface area contributed by atoms with Crippen LogP contribution in [0.3, 0.4) is 0 Å². The Morgan fingerprint density at radius 3 is 1.74 bits per heavy atom. The first-order valence-electron chi connectivity index (χ1n) is 10.4. The molecule has 0 radical (unpaired) electrons. The van der Waals surface area contributed by atoms with E-state index in [9.17, 15) is 4.79 Å². The molecule has 1 heterocycles. The minimum absolute atomic E-state index is 0.00545. The van der Waals surface area contributed by atoms with Crippen LogP contribution in [0.15, 0.2) is 90.7 Å². The lowest BCUT2D eigenvalue weighted by Gasteiger charge is -2.16. The molecule has 5 aromatic rings. The van der Waals surface area contributed by atoms with Gasteiger partial charge in [-0.2, -0.15) is 0 Å². The second kappa shape index (κ2) is 7.44. The van der Waals surface area contributed by atoms with Crippen molar-refractivity contribution in [1.29, 1.82) is 0 Å². The van der Waals surface area contributed by atoms with Crippen molar-refractivity contribution in [2.24, 2.45) is 0 Å². The number of Topliss-reactive ketones (excluding diaryl/α,β-unsaturated/α-hetero) is 1. The lowest BCUT2D eigenvalue weighted by Crippen LogP contribution is -2.03. The molecule has 0 N–H and O–H groups in total. The first-order chi connectivity index (χ1) is 15.1. The van der Waals surface area contributed by atoms with Gasteiger partial charge in [-0.15, -0.1) is 0 Å². The quantitative estimate of drug-likeness (QED) is 0.240. The predicted octanol–water partition coefficient (Wildman–Crippen LogP) is 6.90. The van der Waals surface area contributed by atoms with Crippen molar-refractivity contribution in [2.75, 3.05) is 7.11 Å². The number of aromatic nitrogens is 1. The standard InChI is InChI=1S/C28H23NO2/c1-18(30)28(19(2)31-3)24-16-17-27(21-11-5-4-10-20(21)24)29-25-14-8-6-12-22(25)23-13-7-9-15-26(23)29/h4-17H,1-3H3/b28-19+. The van der Waals surface area contributed by atoms with E-state index in [0.717, 1.165) is 33.1 Å². The fourth-order valence-electron chi connectivity index (χ4n) is 4.61. The van der Waals surface area contributed by atoms with Crippen molar-refractivity contribution in [3.05, 3.63) is 96.3 Å². The van der Waals surface area contributed by atoms with Gasteiger partial charge in [-0.05, 0) is 43.0 Å². The summed E-state index contributed by atoms with van der Waals surface area (Å²) in [5.74, 6) is 0.622. The van der Waals surface area contributed by atoms with Crippen LogP contribution in [0.4, 0.5) is 0 Å². The Kier molecular flexibility index (Phi) is 4.59. The maximum absolute atomic E-state index is 12.5. The molecule has 0 unspecified atom stereocenters. The maximum Gasteiger partial charge on any atom is 0.163 e. The SMILES string of the molecule is CO/C(C)=C(\C(C)=O)c1ccc(-n2c3ccccc3c3ccccc32)c2ccccc12. The van der Waals surface area contributed by atoms with Gasteiger partial charge in [0.25, 0.3) is 0 Å². The van der Waals surface area contributed by atoms with Crippen LogP contribution < -0.4 is 0 Å². The molecule has 152 valence electrons. The molecule has 0 atom stereocenters. The number of fused-ring (bicyclic) bond motifs is 4. The molecule has 3 heteroatoms. The van der Waals surface area contributed by atoms with Gasteiger partial charge in [0.1, 0.15) is 5.76 Å². The van der Waals surface area contributed by atoms with Gasteiger partial charge >= 0.3 is 0 Å². The zero-order valence-corrected chi connectivity index (χ0v) is 17.8. The molecule has 0 fully saturated rings. The number of methoxy groups -OCH3 is 1. The first kappa shape index (κ1) is 19.1. The highest BCUT2D eigenvalue weighted by atomic mass is 16.5. The van der Waals surface area contributed by atoms with E-state index >= 15 is 0 Å². The Bertz CT molecular complexity index is 1450. The van der Waals surface area contributed by atoms with Crippen LogP contribution in [0, 0.1) is 0 Å². The highest BCUT2D eigenvalue weighted by Gasteiger charge is 2.19. The van der Waals surface area contributed by atoms with Gasteiger partial charge in [-0.25, -0.2) is 0 Å². The lowest BCUT2D eigenvalue weighted by molar-refractivity contribution is -0.111. The van der Waals surface area contributed by atoms with Gasteiger partial charge in [0.05, 0.1) is 29.4 Å². The topological polar surface area (TPSA) is 31.2 Å². The zero-order chi connectivity index (χ0) is 21.5. The molecule has 0 aliphatic rings. The van der Waals surface area contributed by atoms with E-state index < -0.39 is 0 Å². The van der Waals surface area contributed by atoms with Gasteiger partial charge in [-0.1, -0.05) is 66.7 Å². The Morgan fingerprint density at radius 1 is 0.677 bits per heavy atom. The van der Waals surface area contributed by atoms with Crippen molar-refractivity contribution in [1.82, 2.24) is 4.57 Å². The summed E-state index contributed by atoms with van der Waals surface area (Å²) in [5.41, 5.74) is 4.93. The number of carbonyl (C=O) groups excluding carboxylic acids is 1. The largest absolute Gasteiger partial charge is 0.501 e.